The fraction of sp³-hybridized carbons (Fsp3) is 0.500. The largest absolute Gasteiger partial charge is 0.489 e. The van der Waals surface area contributed by atoms with E-state index in [9.17, 15) is 9.90 Å². The molecule has 3 rings (SSSR count). The van der Waals surface area contributed by atoms with Gasteiger partial charge in [0.25, 0.3) is 0 Å². The standard InChI is InChI=1S/C26H35NO5/c1-16-12-17(2)22(18(3)13-16)15-31-20-8-9-21-19(14-20)10-11-27(23(21)24(28)30-7)25(29)32-26(4,5)6/h8-9,12-14,23-24,28H,10-11,15H2,1-7H3/t23-,24?/m1/s1. The first-order valence-corrected chi connectivity index (χ1v) is 11.0. The zero-order valence-corrected chi connectivity index (χ0v) is 20.2. The third-order valence-corrected chi connectivity index (χ3v) is 5.75. The summed E-state index contributed by atoms with van der Waals surface area (Å²) in [6.07, 6.45) is -0.984. The van der Waals surface area contributed by atoms with E-state index in [1.54, 1.807) is 4.90 Å². The van der Waals surface area contributed by atoms with Gasteiger partial charge in [-0.25, -0.2) is 4.79 Å². The Hall–Kier alpha value is -2.57. The molecule has 2 atom stereocenters. The van der Waals surface area contributed by atoms with Gasteiger partial charge in [0.05, 0.1) is 0 Å². The molecule has 0 saturated carbocycles. The maximum Gasteiger partial charge on any atom is 0.410 e. The molecule has 2 aromatic rings. The number of hydrogen-bond donors (Lipinski definition) is 1. The lowest BCUT2D eigenvalue weighted by Gasteiger charge is -2.39. The molecule has 2 aromatic carbocycles. The van der Waals surface area contributed by atoms with Gasteiger partial charge in [0.1, 0.15) is 24.0 Å². The molecule has 1 N–H and O–H groups in total. The van der Waals surface area contributed by atoms with Crippen LogP contribution in [0.5, 0.6) is 5.75 Å². The molecule has 174 valence electrons. The summed E-state index contributed by atoms with van der Waals surface area (Å²) < 4.78 is 16.9. The van der Waals surface area contributed by atoms with Crippen molar-refractivity contribution in [2.75, 3.05) is 13.7 Å². The highest BCUT2D eigenvalue weighted by molar-refractivity contribution is 5.69. The highest BCUT2D eigenvalue weighted by Crippen LogP contribution is 2.36. The Kier molecular flexibility index (Phi) is 7.16. The molecule has 32 heavy (non-hydrogen) atoms. The van der Waals surface area contributed by atoms with Crippen molar-refractivity contribution >= 4 is 6.09 Å². The van der Waals surface area contributed by atoms with Gasteiger partial charge < -0.3 is 19.3 Å². The molecule has 0 aliphatic carbocycles. The molecule has 6 heteroatoms. The second-order valence-electron chi connectivity index (χ2n) is 9.52. The van der Waals surface area contributed by atoms with E-state index < -0.39 is 24.0 Å². The van der Waals surface area contributed by atoms with Crippen molar-refractivity contribution < 1.29 is 24.1 Å². The van der Waals surface area contributed by atoms with Crippen LogP contribution in [-0.4, -0.2) is 41.6 Å². The van der Waals surface area contributed by atoms with Crippen molar-refractivity contribution in [3.8, 4) is 5.75 Å². The number of nitrogens with zero attached hydrogens (tertiary/aromatic N) is 1. The number of rotatable bonds is 5. The number of hydrogen-bond acceptors (Lipinski definition) is 5. The Morgan fingerprint density at radius 3 is 2.41 bits per heavy atom. The van der Waals surface area contributed by atoms with Gasteiger partial charge in [0.15, 0.2) is 6.29 Å². The summed E-state index contributed by atoms with van der Waals surface area (Å²) in [5.41, 5.74) is 6.12. The molecule has 0 bridgehead atoms. The zero-order chi connectivity index (χ0) is 23.6. The summed E-state index contributed by atoms with van der Waals surface area (Å²) in [6, 6.07) is 9.47. The number of carbonyl (C=O) groups is 1. The normalized spacial score (nSPS) is 17.0. The number of fused-ring (bicyclic) bond motifs is 1. The number of ether oxygens (including phenoxy) is 3. The molecule has 0 spiro atoms. The Bertz CT molecular complexity index is 956. The number of aryl methyl sites for hydroxylation is 3. The smallest absolute Gasteiger partial charge is 0.410 e. The molecule has 1 unspecified atom stereocenters. The predicted octanol–water partition coefficient (Wildman–Crippen LogP) is 4.99. The quantitative estimate of drug-likeness (QED) is 0.662. The van der Waals surface area contributed by atoms with Crippen molar-refractivity contribution in [1.29, 1.82) is 0 Å². The molecular formula is C26H35NO5. The number of carbonyl (C=O) groups excluding carboxylic acids is 1. The van der Waals surface area contributed by atoms with E-state index in [1.165, 1.54) is 29.4 Å². The topological polar surface area (TPSA) is 68.2 Å². The van der Waals surface area contributed by atoms with Crippen LogP contribution in [-0.2, 0) is 22.5 Å². The van der Waals surface area contributed by atoms with E-state index in [4.69, 9.17) is 14.2 Å². The fourth-order valence-corrected chi connectivity index (χ4v) is 4.28. The lowest BCUT2D eigenvalue weighted by molar-refractivity contribution is -0.128. The van der Waals surface area contributed by atoms with Gasteiger partial charge in [0, 0.05) is 13.7 Å². The summed E-state index contributed by atoms with van der Waals surface area (Å²) in [4.78, 5) is 14.3. The molecular weight excluding hydrogens is 406 g/mol. The van der Waals surface area contributed by atoms with Crippen molar-refractivity contribution in [2.24, 2.45) is 0 Å². The van der Waals surface area contributed by atoms with Crippen LogP contribution >= 0.6 is 0 Å². The van der Waals surface area contributed by atoms with Crippen molar-refractivity contribution in [1.82, 2.24) is 4.90 Å². The SMILES string of the molecule is COC(O)[C@H]1c2ccc(OCc3c(C)cc(C)cc3C)cc2CCN1C(=O)OC(C)(C)C. The van der Waals surface area contributed by atoms with E-state index in [0.717, 1.165) is 16.9 Å². The first-order chi connectivity index (χ1) is 15.0. The number of aliphatic hydroxyl groups is 1. The Morgan fingerprint density at radius 1 is 1.16 bits per heavy atom. The van der Waals surface area contributed by atoms with Crippen LogP contribution in [0, 0.1) is 20.8 Å². The fourth-order valence-electron chi connectivity index (χ4n) is 4.28. The summed E-state index contributed by atoms with van der Waals surface area (Å²) in [6.45, 7) is 12.7. The third kappa shape index (κ3) is 5.43. The molecule has 1 heterocycles. The third-order valence-electron chi connectivity index (χ3n) is 5.75. The van der Waals surface area contributed by atoms with Crippen LogP contribution in [0.4, 0.5) is 4.79 Å². The Labute approximate surface area is 191 Å². The predicted molar refractivity (Wildman–Crippen MR) is 124 cm³/mol. The zero-order valence-electron chi connectivity index (χ0n) is 20.2. The van der Waals surface area contributed by atoms with Crippen molar-refractivity contribution in [3.05, 3.63) is 63.7 Å². The molecule has 6 nitrogen and oxygen atoms in total. The highest BCUT2D eigenvalue weighted by Gasteiger charge is 2.38. The molecule has 0 saturated heterocycles. The number of benzene rings is 2. The van der Waals surface area contributed by atoms with Gasteiger partial charge in [-0.05, 0) is 87.9 Å². The van der Waals surface area contributed by atoms with Gasteiger partial charge >= 0.3 is 6.09 Å². The van der Waals surface area contributed by atoms with Crippen LogP contribution in [0.25, 0.3) is 0 Å². The summed E-state index contributed by atoms with van der Waals surface area (Å²) >= 11 is 0. The minimum absolute atomic E-state index is 0.423. The Balaban J connectivity index is 1.83. The average Bonchev–Trinajstić information content (AvgIpc) is 2.70. The number of methoxy groups -OCH3 is 1. The summed E-state index contributed by atoms with van der Waals surface area (Å²) in [7, 11) is 1.43. The van der Waals surface area contributed by atoms with Crippen LogP contribution in [0.15, 0.2) is 30.3 Å². The lowest BCUT2D eigenvalue weighted by Crippen LogP contribution is -2.47. The first kappa shape index (κ1) is 24.1. The minimum atomic E-state index is -1.16. The second-order valence-corrected chi connectivity index (χ2v) is 9.52. The number of amides is 1. The van der Waals surface area contributed by atoms with Crippen molar-refractivity contribution in [3.63, 3.8) is 0 Å². The molecule has 0 fully saturated rings. The molecule has 1 aliphatic rings. The van der Waals surface area contributed by atoms with Gasteiger partial charge in [-0.3, -0.25) is 4.90 Å². The maximum atomic E-state index is 12.8. The number of aliphatic hydroxyl groups excluding tert-OH is 1. The first-order valence-electron chi connectivity index (χ1n) is 11.0. The average molecular weight is 442 g/mol. The molecule has 1 amide bonds. The Morgan fingerprint density at radius 2 is 1.81 bits per heavy atom. The summed E-state index contributed by atoms with van der Waals surface area (Å²) in [5.74, 6) is 0.763. The monoisotopic (exact) mass is 441 g/mol. The molecule has 0 radical (unpaired) electrons. The van der Waals surface area contributed by atoms with E-state index in [-0.39, 0.29) is 0 Å². The van der Waals surface area contributed by atoms with Crippen LogP contribution in [0.3, 0.4) is 0 Å². The minimum Gasteiger partial charge on any atom is -0.489 e. The van der Waals surface area contributed by atoms with E-state index in [1.807, 2.05) is 39.0 Å². The molecule has 1 aliphatic heterocycles. The van der Waals surface area contributed by atoms with Gasteiger partial charge in [-0.2, -0.15) is 0 Å². The molecule has 0 aromatic heterocycles. The van der Waals surface area contributed by atoms with E-state index in [0.29, 0.717) is 19.6 Å². The second kappa shape index (κ2) is 9.51. The highest BCUT2D eigenvalue weighted by atomic mass is 16.6. The van der Waals surface area contributed by atoms with Gasteiger partial charge in [0.2, 0.25) is 0 Å². The van der Waals surface area contributed by atoms with E-state index in [2.05, 4.69) is 32.9 Å². The van der Waals surface area contributed by atoms with Gasteiger partial charge in [-0.15, -0.1) is 0 Å². The van der Waals surface area contributed by atoms with E-state index >= 15 is 0 Å². The van der Waals surface area contributed by atoms with Crippen molar-refractivity contribution in [2.45, 2.75) is 72.5 Å². The van der Waals surface area contributed by atoms with Crippen LogP contribution in [0.1, 0.15) is 60.2 Å². The maximum absolute atomic E-state index is 12.8. The van der Waals surface area contributed by atoms with Gasteiger partial charge in [-0.1, -0.05) is 23.8 Å². The lowest BCUT2D eigenvalue weighted by atomic mass is 9.92. The summed E-state index contributed by atoms with van der Waals surface area (Å²) in [5, 5.41) is 10.5. The van der Waals surface area contributed by atoms with Crippen LogP contribution in [0.2, 0.25) is 0 Å². The van der Waals surface area contributed by atoms with Crippen LogP contribution < -0.4 is 4.74 Å².